The molecule has 0 aliphatic rings. The number of ether oxygens (including phenoxy) is 1. The van der Waals surface area contributed by atoms with Crippen LogP contribution in [0.15, 0.2) is 27.3 Å². The van der Waals surface area contributed by atoms with Gasteiger partial charge in [-0.1, -0.05) is 0 Å². The van der Waals surface area contributed by atoms with Crippen LogP contribution in [-0.2, 0) is 32.9 Å². The van der Waals surface area contributed by atoms with Crippen LogP contribution < -0.4 is 0 Å². The quantitative estimate of drug-likeness (QED) is 0.402. The van der Waals surface area contributed by atoms with Crippen molar-refractivity contribution in [3.05, 3.63) is 37.9 Å². The zero-order valence-corrected chi connectivity index (χ0v) is 16.1. The molecule has 0 aliphatic heterocycles. The van der Waals surface area contributed by atoms with Crippen LogP contribution in [-0.4, -0.2) is 5.97 Å². The van der Waals surface area contributed by atoms with Crippen LogP contribution in [0.3, 0.4) is 0 Å². The molecule has 1 aromatic rings. The molecular formula is C11H10Cl2HgO2. The number of halogens is 2. The second-order valence-electron chi connectivity index (χ2n) is 3.34. The van der Waals surface area contributed by atoms with Gasteiger partial charge in [-0.3, -0.25) is 0 Å². The molecule has 0 fully saturated rings. The predicted molar refractivity (Wildman–Crippen MR) is 61.7 cm³/mol. The van der Waals surface area contributed by atoms with Crippen molar-refractivity contribution in [1.82, 2.24) is 0 Å². The van der Waals surface area contributed by atoms with Crippen molar-refractivity contribution in [3.63, 3.8) is 0 Å². The summed E-state index contributed by atoms with van der Waals surface area (Å²) in [6.45, 7) is 3.30. The van der Waals surface area contributed by atoms with E-state index in [0.717, 1.165) is 8.65 Å². The molecule has 1 rings (SSSR count). The van der Waals surface area contributed by atoms with E-state index in [1.165, 1.54) is 6.92 Å². The van der Waals surface area contributed by atoms with Gasteiger partial charge in [-0.25, -0.2) is 0 Å². The minimum absolute atomic E-state index is 0.331. The summed E-state index contributed by atoms with van der Waals surface area (Å²) in [6.07, 6.45) is 0. The molecule has 0 unspecified atom stereocenters. The Morgan fingerprint density at radius 3 is 2.25 bits per heavy atom. The van der Waals surface area contributed by atoms with Crippen molar-refractivity contribution in [2.45, 2.75) is 13.8 Å². The first-order valence-electron chi connectivity index (χ1n) is 4.74. The molecule has 0 N–H and O–H groups in total. The van der Waals surface area contributed by atoms with E-state index in [1.807, 2.05) is 19.1 Å². The fraction of sp³-hybridized carbons (Fsp3) is 0.182. The molecule has 1 aromatic carbocycles. The molecule has 0 spiro atoms. The van der Waals surface area contributed by atoms with Crippen molar-refractivity contribution < 1.29 is 32.9 Å². The molecule has 0 heterocycles. The fourth-order valence-corrected chi connectivity index (χ4v) is 3.94. The normalized spacial score (nSPS) is 11.5. The van der Waals surface area contributed by atoms with E-state index < -0.39 is 23.3 Å². The summed E-state index contributed by atoms with van der Waals surface area (Å²) >= 11 is 4.23. The Balaban J connectivity index is 3.11. The maximum absolute atomic E-state index is 11.0. The van der Waals surface area contributed by atoms with Gasteiger partial charge in [0.05, 0.1) is 0 Å². The van der Waals surface area contributed by atoms with Gasteiger partial charge < -0.3 is 0 Å². The number of allylic oxidation sites excluding steroid dienone is 1. The van der Waals surface area contributed by atoms with Crippen LogP contribution in [0, 0.1) is 0 Å². The summed E-state index contributed by atoms with van der Waals surface area (Å²) in [7, 11) is 5.96. The molecule has 5 heteroatoms. The molecule has 0 saturated carbocycles. The number of carbonyl (C=O) groups excluding carboxylic acids is 1. The van der Waals surface area contributed by atoms with E-state index in [4.69, 9.17) is 24.6 Å². The van der Waals surface area contributed by atoms with Crippen molar-refractivity contribution in [3.8, 4) is 0 Å². The van der Waals surface area contributed by atoms with Crippen LogP contribution >= 0.6 is 19.9 Å². The van der Waals surface area contributed by atoms with E-state index in [9.17, 15) is 4.79 Å². The van der Waals surface area contributed by atoms with Crippen molar-refractivity contribution >= 4 is 31.6 Å². The second kappa shape index (κ2) is 6.62. The van der Waals surface area contributed by atoms with E-state index in [0.29, 0.717) is 10.8 Å². The van der Waals surface area contributed by atoms with Crippen LogP contribution in [0.2, 0.25) is 5.02 Å². The van der Waals surface area contributed by atoms with Crippen LogP contribution in [0.1, 0.15) is 19.4 Å². The van der Waals surface area contributed by atoms with Gasteiger partial charge in [-0.15, -0.1) is 0 Å². The molecule has 2 nitrogen and oxygen atoms in total. The number of esters is 1. The number of carbonyl (C=O) groups is 1. The average molecular weight is 446 g/mol. The standard InChI is InChI=1S/C11H10ClO2.ClH.Hg/c1-3-11(14-8(2)13)9-4-6-10(12)7-5-9;;/h4-7H,1-2H3;1H;/q;;+1/p-1. The maximum atomic E-state index is 11.0. The van der Waals surface area contributed by atoms with E-state index >= 15 is 0 Å². The van der Waals surface area contributed by atoms with E-state index in [-0.39, 0.29) is 5.97 Å². The molecule has 0 saturated heterocycles. The third-order valence-electron chi connectivity index (χ3n) is 1.94. The Labute approximate surface area is 115 Å². The Morgan fingerprint density at radius 1 is 1.25 bits per heavy atom. The van der Waals surface area contributed by atoms with Crippen LogP contribution in [0.25, 0.3) is 5.76 Å². The topological polar surface area (TPSA) is 26.3 Å². The van der Waals surface area contributed by atoms with Gasteiger partial charge in [0.15, 0.2) is 0 Å². The van der Waals surface area contributed by atoms with Crippen molar-refractivity contribution in [1.29, 1.82) is 0 Å². The van der Waals surface area contributed by atoms with Gasteiger partial charge in [0.1, 0.15) is 0 Å². The SMILES string of the molecule is CC(=O)O/C(=[C](\C)[Hg][Cl])c1ccc(Cl)cc1. The number of hydrogen-bond donors (Lipinski definition) is 0. The minimum atomic E-state index is -1.57. The Kier molecular flexibility index (Phi) is 5.80. The molecule has 0 bridgehead atoms. The Morgan fingerprint density at radius 2 is 1.81 bits per heavy atom. The van der Waals surface area contributed by atoms with E-state index in [1.54, 1.807) is 12.1 Å². The number of benzene rings is 1. The Bertz CT molecular complexity index is 412. The predicted octanol–water partition coefficient (Wildman–Crippen LogP) is 3.83. The first-order valence-corrected chi connectivity index (χ1v) is 14.6. The second-order valence-corrected chi connectivity index (χ2v) is 11.3. The van der Waals surface area contributed by atoms with Gasteiger partial charge in [-0.2, -0.15) is 0 Å². The zero-order valence-electron chi connectivity index (χ0n) is 9.09. The van der Waals surface area contributed by atoms with Crippen molar-refractivity contribution in [2.24, 2.45) is 0 Å². The first kappa shape index (κ1) is 14.0. The fourth-order valence-electron chi connectivity index (χ4n) is 1.20. The number of rotatable bonds is 3. The molecule has 0 amide bonds. The molecule has 0 aromatic heterocycles. The third kappa shape index (κ3) is 4.08. The van der Waals surface area contributed by atoms with Gasteiger partial charge in [-0.05, 0) is 0 Å². The van der Waals surface area contributed by atoms with Gasteiger partial charge in [0, 0.05) is 0 Å². The first-order chi connectivity index (χ1) is 7.54. The average Bonchev–Trinajstić information content (AvgIpc) is 2.26. The van der Waals surface area contributed by atoms with Crippen LogP contribution in [0.4, 0.5) is 0 Å². The molecule has 0 aliphatic carbocycles. The van der Waals surface area contributed by atoms with Gasteiger partial charge >= 0.3 is 116 Å². The summed E-state index contributed by atoms with van der Waals surface area (Å²) in [5, 5.41) is 0.652. The molecule has 82 valence electrons. The van der Waals surface area contributed by atoms with Gasteiger partial charge in [0.2, 0.25) is 0 Å². The molecule has 16 heavy (non-hydrogen) atoms. The van der Waals surface area contributed by atoms with E-state index in [2.05, 4.69) is 0 Å². The monoisotopic (exact) mass is 446 g/mol. The summed E-state index contributed by atoms with van der Waals surface area (Å²) in [4.78, 5) is 11.0. The third-order valence-corrected chi connectivity index (χ3v) is 8.52. The molecule has 0 atom stereocenters. The number of hydrogen-bond acceptors (Lipinski definition) is 2. The summed E-state index contributed by atoms with van der Waals surface area (Å²) in [5.74, 6) is 0.267. The van der Waals surface area contributed by atoms with Gasteiger partial charge in [0.25, 0.3) is 0 Å². The summed E-state index contributed by atoms with van der Waals surface area (Å²) in [5.41, 5.74) is 0.845. The summed E-state index contributed by atoms with van der Waals surface area (Å²) < 4.78 is 6.22. The molecule has 0 radical (unpaired) electrons. The van der Waals surface area contributed by atoms with Crippen LogP contribution in [0.5, 0.6) is 0 Å². The molecular weight excluding hydrogens is 436 g/mol. The summed E-state index contributed by atoms with van der Waals surface area (Å²) in [6, 6.07) is 7.17. The van der Waals surface area contributed by atoms with Crippen molar-refractivity contribution in [2.75, 3.05) is 0 Å². The Hall–Kier alpha value is -0.0549. The zero-order chi connectivity index (χ0) is 12.1.